The fraction of sp³-hybridized carbons (Fsp3) is 0. The van der Waals surface area contributed by atoms with E-state index in [9.17, 15) is 0 Å². The van der Waals surface area contributed by atoms with E-state index in [0.717, 1.165) is 101 Å². The molecule has 0 heterocycles. The Labute approximate surface area is 421 Å². The summed E-state index contributed by atoms with van der Waals surface area (Å²) in [6.45, 7) is 0. The molecule has 342 valence electrons. The summed E-state index contributed by atoms with van der Waals surface area (Å²) in [5.41, 5.74) is 15.5. The number of para-hydroxylation sites is 6. The number of nitrogens with zero attached hydrogens (tertiary/aromatic N) is 4. The fourth-order valence-corrected chi connectivity index (χ4v) is 10.1. The number of hydrogen-bond acceptors (Lipinski definition) is 4. The van der Waals surface area contributed by atoms with E-state index in [2.05, 4.69) is 323 Å². The fourth-order valence-electron chi connectivity index (χ4n) is 10.1. The van der Waals surface area contributed by atoms with Crippen LogP contribution in [-0.4, -0.2) is 0 Å². The van der Waals surface area contributed by atoms with Gasteiger partial charge in [0.25, 0.3) is 0 Å². The second-order valence-corrected chi connectivity index (χ2v) is 17.7. The van der Waals surface area contributed by atoms with Crippen LogP contribution in [0.25, 0.3) is 32.7 Å². The standard InChI is InChI=1S/C68H50N4/c1-7-23-53(24-8-1)69(54-25-9-2-10-26-54)65-39-19-37-63-61(65)35-21-41-67(63)71(57-31-15-5-16-32-57)59-47-43-51(44-48-59)52-45-49-60(50-46-52)72(58-33-17-6-18-34-58)68-42-22-36-62-64(68)38-20-40-66(62)70(55-27-11-3-12-28-55)56-29-13-4-14-30-56/h1-50H. The van der Waals surface area contributed by atoms with E-state index in [4.69, 9.17) is 0 Å². The van der Waals surface area contributed by atoms with Gasteiger partial charge in [0.2, 0.25) is 0 Å². The third kappa shape index (κ3) is 8.48. The Hall–Kier alpha value is -9.64. The number of benzene rings is 12. The van der Waals surface area contributed by atoms with Crippen molar-refractivity contribution in [2.45, 2.75) is 0 Å². The van der Waals surface area contributed by atoms with Crippen molar-refractivity contribution in [3.63, 3.8) is 0 Å². The highest BCUT2D eigenvalue weighted by Crippen LogP contribution is 2.47. The minimum absolute atomic E-state index is 1.08. The van der Waals surface area contributed by atoms with Crippen LogP contribution in [0.5, 0.6) is 0 Å². The average molecular weight is 923 g/mol. The van der Waals surface area contributed by atoms with Crippen LogP contribution in [0.1, 0.15) is 0 Å². The van der Waals surface area contributed by atoms with E-state index < -0.39 is 0 Å². The molecule has 0 bridgehead atoms. The molecule has 0 saturated carbocycles. The molecule has 0 unspecified atom stereocenters. The normalized spacial score (nSPS) is 11.1. The van der Waals surface area contributed by atoms with Gasteiger partial charge >= 0.3 is 0 Å². The maximum Gasteiger partial charge on any atom is 0.0540 e. The lowest BCUT2D eigenvalue weighted by Gasteiger charge is -2.30. The van der Waals surface area contributed by atoms with E-state index in [-0.39, 0.29) is 0 Å². The predicted molar refractivity (Wildman–Crippen MR) is 306 cm³/mol. The largest absolute Gasteiger partial charge is 0.310 e. The zero-order valence-corrected chi connectivity index (χ0v) is 39.7. The van der Waals surface area contributed by atoms with Crippen LogP contribution in [0.3, 0.4) is 0 Å². The molecule has 0 N–H and O–H groups in total. The Bertz CT molecular complexity index is 3390. The predicted octanol–water partition coefficient (Wildman–Crippen LogP) is 19.5. The lowest BCUT2D eigenvalue weighted by Crippen LogP contribution is -2.12. The highest BCUT2D eigenvalue weighted by atomic mass is 15.2. The van der Waals surface area contributed by atoms with E-state index in [1.165, 1.54) is 0 Å². The van der Waals surface area contributed by atoms with E-state index in [1.807, 2.05) is 0 Å². The smallest absolute Gasteiger partial charge is 0.0540 e. The minimum atomic E-state index is 1.08. The molecule has 4 nitrogen and oxygen atoms in total. The van der Waals surface area contributed by atoms with Gasteiger partial charge in [-0.05, 0) is 132 Å². The molecule has 0 aliphatic rings. The molecule has 12 rings (SSSR count). The molecule has 0 atom stereocenters. The van der Waals surface area contributed by atoms with Gasteiger partial charge in [-0.3, -0.25) is 0 Å². The topological polar surface area (TPSA) is 13.0 Å². The molecule has 0 aliphatic heterocycles. The van der Waals surface area contributed by atoms with Gasteiger partial charge in [-0.1, -0.05) is 182 Å². The van der Waals surface area contributed by atoms with Crippen molar-refractivity contribution >= 4 is 89.8 Å². The van der Waals surface area contributed by atoms with Crippen LogP contribution in [0.4, 0.5) is 68.2 Å². The summed E-state index contributed by atoms with van der Waals surface area (Å²) in [4.78, 5) is 9.45. The zero-order valence-electron chi connectivity index (χ0n) is 39.7. The third-order valence-electron chi connectivity index (χ3n) is 13.4. The molecule has 0 aromatic heterocycles. The van der Waals surface area contributed by atoms with Crippen molar-refractivity contribution in [1.29, 1.82) is 0 Å². The van der Waals surface area contributed by atoms with Crippen molar-refractivity contribution in [3.8, 4) is 11.1 Å². The van der Waals surface area contributed by atoms with Crippen molar-refractivity contribution in [1.82, 2.24) is 0 Å². The molecule has 0 amide bonds. The van der Waals surface area contributed by atoms with Crippen molar-refractivity contribution in [3.05, 3.63) is 303 Å². The van der Waals surface area contributed by atoms with Crippen molar-refractivity contribution in [2.75, 3.05) is 19.6 Å². The summed E-state index contributed by atoms with van der Waals surface area (Å²) in [6.07, 6.45) is 0. The first-order chi connectivity index (χ1) is 35.8. The second-order valence-electron chi connectivity index (χ2n) is 17.7. The maximum absolute atomic E-state index is 2.38. The minimum Gasteiger partial charge on any atom is -0.310 e. The first-order valence-electron chi connectivity index (χ1n) is 24.5. The molecule has 0 aliphatic carbocycles. The first-order valence-corrected chi connectivity index (χ1v) is 24.5. The van der Waals surface area contributed by atoms with Crippen LogP contribution < -0.4 is 19.6 Å². The molecule has 72 heavy (non-hydrogen) atoms. The monoisotopic (exact) mass is 922 g/mol. The molecule has 4 heteroatoms. The number of fused-ring (bicyclic) bond motifs is 2. The lowest BCUT2D eigenvalue weighted by atomic mass is 10.0. The maximum atomic E-state index is 2.38. The molecular weight excluding hydrogens is 873 g/mol. The van der Waals surface area contributed by atoms with Crippen molar-refractivity contribution < 1.29 is 0 Å². The molecule has 0 saturated heterocycles. The Morgan fingerprint density at radius 1 is 0.139 bits per heavy atom. The SMILES string of the molecule is c1ccc(N(c2ccccc2)c2cccc3c(N(c4ccccc4)c4ccc(-c5ccc(N(c6ccccc6)c6cccc7c(N(c8ccccc8)c8ccccc8)cccc67)cc5)cc4)cccc23)cc1. The lowest BCUT2D eigenvalue weighted by molar-refractivity contribution is 1.28. The van der Waals surface area contributed by atoms with Crippen LogP contribution >= 0.6 is 0 Å². The molecular formula is C68H50N4. The van der Waals surface area contributed by atoms with Gasteiger partial charge < -0.3 is 19.6 Å². The van der Waals surface area contributed by atoms with Crippen LogP contribution in [0, 0.1) is 0 Å². The molecule has 0 spiro atoms. The highest BCUT2D eigenvalue weighted by molar-refractivity contribution is 6.08. The summed E-state index contributed by atoms with van der Waals surface area (Å²) in [6, 6.07) is 108. The molecule has 12 aromatic rings. The van der Waals surface area contributed by atoms with Gasteiger partial charge in [0.05, 0.1) is 22.7 Å². The summed E-state index contributed by atoms with van der Waals surface area (Å²) < 4.78 is 0. The van der Waals surface area contributed by atoms with Gasteiger partial charge in [-0.2, -0.15) is 0 Å². The van der Waals surface area contributed by atoms with Gasteiger partial charge in [-0.25, -0.2) is 0 Å². The summed E-state index contributed by atoms with van der Waals surface area (Å²) in [7, 11) is 0. The van der Waals surface area contributed by atoms with Crippen LogP contribution in [0.2, 0.25) is 0 Å². The van der Waals surface area contributed by atoms with Gasteiger partial charge in [0, 0.05) is 67.0 Å². The highest BCUT2D eigenvalue weighted by Gasteiger charge is 2.22. The first kappa shape index (κ1) is 43.6. The summed E-state index contributed by atoms with van der Waals surface area (Å²) in [5, 5.41) is 4.64. The van der Waals surface area contributed by atoms with Gasteiger partial charge in [0.15, 0.2) is 0 Å². The third-order valence-corrected chi connectivity index (χ3v) is 13.4. The van der Waals surface area contributed by atoms with Crippen LogP contribution in [0.15, 0.2) is 303 Å². The van der Waals surface area contributed by atoms with Gasteiger partial charge in [0.1, 0.15) is 0 Å². The molecule has 0 fully saturated rings. The Morgan fingerprint density at radius 3 is 0.514 bits per heavy atom. The number of rotatable bonds is 13. The summed E-state index contributed by atoms with van der Waals surface area (Å²) in [5.74, 6) is 0. The van der Waals surface area contributed by atoms with Gasteiger partial charge in [-0.15, -0.1) is 0 Å². The van der Waals surface area contributed by atoms with E-state index in [0.29, 0.717) is 0 Å². The number of hydrogen-bond donors (Lipinski definition) is 0. The van der Waals surface area contributed by atoms with Crippen molar-refractivity contribution in [2.24, 2.45) is 0 Å². The van der Waals surface area contributed by atoms with E-state index >= 15 is 0 Å². The van der Waals surface area contributed by atoms with E-state index in [1.54, 1.807) is 0 Å². The quantitative estimate of drug-likeness (QED) is 0.114. The Balaban J connectivity index is 0.906. The number of anilines is 12. The molecule has 0 radical (unpaired) electrons. The second kappa shape index (κ2) is 19.8. The van der Waals surface area contributed by atoms with Crippen LogP contribution in [-0.2, 0) is 0 Å². The molecule has 12 aromatic carbocycles. The Morgan fingerprint density at radius 2 is 0.319 bits per heavy atom. The zero-order chi connectivity index (χ0) is 48.1. The summed E-state index contributed by atoms with van der Waals surface area (Å²) >= 11 is 0. The average Bonchev–Trinajstić information content (AvgIpc) is 3.46. The Kier molecular flexibility index (Phi) is 12.0.